The number of aromatic nitrogens is 2. The van der Waals surface area contributed by atoms with Crippen molar-refractivity contribution >= 4 is 45.0 Å². The topological polar surface area (TPSA) is 105 Å². The molecule has 0 radical (unpaired) electrons. The normalized spacial score (nSPS) is 15.2. The van der Waals surface area contributed by atoms with E-state index in [9.17, 15) is 9.59 Å². The van der Waals surface area contributed by atoms with Crippen LogP contribution in [-0.4, -0.2) is 37.0 Å². The molecule has 1 amide bonds. The number of hydrogen-bond donors (Lipinski definition) is 1. The molecule has 5 rings (SSSR count). The number of rotatable bonds is 7. The highest BCUT2D eigenvalue weighted by molar-refractivity contribution is 6.37. The Balaban J connectivity index is 1.64. The highest BCUT2D eigenvalue weighted by Gasteiger charge is 2.38. The molecule has 1 N–H and O–H groups in total. The molecular formula is C29H32ClN3O6. The van der Waals surface area contributed by atoms with E-state index in [1.807, 2.05) is 12.1 Å². The molecule has 39 heavy (non-hydrogen) atoms. The van der Waals surface area contributed by atoms with Crippen molar-refractivity contribution in [2.45, 2.75) is 57.4 Å². The van der Waals surface area contributed by atoms with Crippen molar-refractivity contribution in [2.24, 2.45) is 0 Å². The molecule has 0 aliphatic heterocycles. The summed E-state index contributed by atoms with van der Waals surface area (Å²) in [6, 6.07) is 8.84. The predicted octanol–water partition coefficient (Wildman–Crippen LogP) is 6.21. The van der Waals surface area contributed by atoms with Crippen molar-refractivity contribution in [3.05, 3.63) is 51.5 Å². The van der Waals surface area contributed by atoms with E-state index in [2.05, 4.69) is 10.5 Å². The zero-order valence-corrected chi connectivity index (χ0v) is 23.3. The average molecular weight is 554 g/mol. The van der Waals surface area contributed by atoms with Crippen LogP contribution in [-0.2, 0) is 10.3 Å². The summed E-state index contributed by atoms with van der Waals surface area (Å²) in [5.41, 5.74) is 0.611. The molecule has 0 atom stereocenters. The Labute approximate surface area is 231 Å². The lowest BCUT2D eigenvalue weighted by Gasteiger charge is -2.36. The van der Waals surface area contributed by atoms with Gasteiger partial charge in [0.25, 0.3) is 5.56 Å². The zero-order valence-electron chi connectivity index (χ0n) is 22.6. The second kappa shape index (κ2) is 10.8. The van der Waals surface area contributed by atoms with E-state index < -0.39 is 5.54 Å². The average Bonchev–Trinajstić information content (AvgIpc) is 3.15. The summed E-state index contributed by atoms with van der Waals surface area (Å²) in [5, 5.41) is 8.70. The number of aryl methyl sites for hydroxylation is 1. The number of pyridine rings is 1. The summed E-state index contributed by atoms with van der Waals surface area (Å²) in [6.07, 6.45) is 5.32. The molecule has 0 spiro atoms. The summed E-state index contributed by atoms with van der Waals surface area (Å²) in [5.74, 6) is 1.50. The number of carbonyl (C=O) groups is 1. The fourth-order valence-electron chi connectivity index (χ4n) is 5.94. The molecule has 2 aromatic heterocycles. The number of carbonyl (C=O) groups excluding carboxylic acids is 1. The van der Waals surface area contributed by atoms with Gasteiger partial charge in [-0.25, -0.2) is 0 Å². The van der Waals surface area contributed by atoms with Gasteiger partial charge in [0.2, 0.25) is 11.7 Å². The summed E-state index contributed by atoms with van der Waals surface area (Å²) in [6.45, 7) is 1.72. The molecule has 2 aromatic carbocycles. The minimum absolute atomic E-state index is 0.0982. The molecule has 1 saturated carbocycles. The summed E-state index contributed by atoms with van der Waals surface area (Å²) in [7, 11) is 4.57. The van der Waals surface area contributed by atoms with Crippen LogP contribution in [0.15, 0.2) is 39.6 Å². The van der Waals surface area contributed by atoms with Gasteiger partial charge in [-0.3, -0.25) is 9.59 Å². The van der Waals surface area contributed by atoms with Crippen LogP contribution in [0.5, 0.6) is 17.2 Å². The highest BCUT2D eigenvalue weighted by atomic mass is 35.5. The van der Waals surface area contributed by atoms with Crippen LogP contribution < -0.4 is 25.1 Å². The molecule has 206 valence electrons. The van der Waals surface area contributed by atoms with Crippen LogP contribution in [0.25, 0.3) is 21.8 Å². The van der Waals surface area contributed by atoms with Crippen LogP contribution in [0.2, 0.25) is 5.02 Å². The molecule has 1 fully saturated rings. The molecule has 10 heteroatoms. The number of nitrogens with one attached hydrogen (secondary N) is 1. The van der Waals surface area contributed by atoms with Crippen molar-refractivity contribution in [2.75, 3.05) is 26.6 Å². The third kappa shape index (κ3) is 4.69. The van der Waals surface area contributed by atoms with Gasteiger partial charge in [-0.15, -0.1) is 0 Å². The molecule has 2 heterocycles. The first-order valence-corrected chi connectivity index (χ1v) is 13.4. The van der Waals surface area contributed by atoms with Crippen LogP contribution >= 0.6 is 11.6 Å². The first-order valence-electron chi connectivity index (χ1n) is 13.0. The largest absolute Gasteiger partial charge is 0.493 e. The van der Waals surface area contributed by atoms with Crippen molar-refractivity contribution in [1.29, 1.82) is 0 Å². The first-order chi connectivity index (χ1) is 18.8. The van der Waals surface area contributed by atoms with Crippen LogP contribution in [0.3, 0.4) is 0 Å². The van der Waals surface area contributed by atoms with E-state index in [1.54, 1.807) is 29.7 Å². The van der Waals surface area contributed by atoms with Crippen LogP contribution in [0.1, 0.15) is 50.7 Å². The van der Waals surface area contributed by atoms with E-state index in [0.29, 0.717) is 68.4 Å². The molecule has 0 unspecified atom stereocenters. The third-order valence-corrected chi connectivity index (χ3v) is 8.01. The summed E-state index contributed by atoms with van der Waals surface area (Å²) >= 11 is 6.67. The van der Waals surface area contributed by atoms with E-state index in [0.717, 1.165) is 25.7 Å². The number of halogens is 1. The Bertz CT molecular complexity index is 1580. The Hall–Kier alpha value is -3.72. The highest BCUT2D eigenvalue weighted by Crippen LogP contribution is 2.42. The van der Waals surface area contributed by atoms with Gasteiger partial charge in [0.1, 0.15) is 16.7 Å². The lowest BCUT2D eigenvalue weighted by molar-refractivity contribution is -0.118. The van der Waals surface area contributed by atoms with Gasteiger partial charge in [-0.2, -0.15) is 0 Å². The Morgan fingerprint density at radius 2 is 1.72 bits per heavy atom. The molecular weight excluding hydrogens is 522 g/mol. The number of methoxy groups -OCH3 is 3. The Morgan fingerprint density at radius 1 is 1.05 bits per heavy atom. The van der Waals surface area contributed by atoms with Gasteiger partial charge >= 0.3 is 0 Å². The zero-order chi connectivity index (χ0) is 27.7. The van der Waals surface area contributed by atoms with Gasteiger partial charge in [0.05, 0.1) is 43.8 Å². The molecule has 4 aromatic rings. The van der Waals surface area contributed by atoms with Gasteiger partial charge in [-0.1, -0.05) is 48.5 Å². The predicted molar refractivity (Wildman–Crippen MR) is 151 cm³/mol. The second-order valence-electron chi connectivity index (χ2n) is 10.0. The minimum atomic E-state index is -0.765. The maximum atomic E-state index is 14.2. The number of nitrogens with zero attached hydrogens (tertiary/aromatic N) is 2. The summed E-state index contributed by atoms with van der Waals surface area (Å²) in [4.78, 5) is 27.9. The van der Waals surface area contributed by atoms with Gasteiger partial charge in [0, 0.05) is 23.2 Å². The van der Waals surface area contributed by atoms with Crippen LogP contribution in [0.4, 0.5) is 5.69 Å². The fourth-order valence-corrected chi connectivity index (χ4v) is 6.20. The minimum Gasteiger partial charge on any atom is -0.493 e. The molecule has 0 bridgehead atoms. The number of anilines is 1. The van der Waals surface area contributed by atoms with Crippen LogP contribution in [0, 0.1) is 6.92 Å². The number of hydrogen-bond acceptors (Lipinski definition) is 7. The smallest absolute Gasteiger partial charge is 0.264 e. The lowest BCUT2D eigenvalue weighted by atomic mass is 9.84. The lowest BCUT2D eigenvalue weighted by Crippen LogP contribution is -2.44. The van der Waals surface area contributed by atoms with Gasteiger partial charge in [-0.05, 0) is 31.9 Å². The monoisotopic (exact) mass is 553 g/mol. The number of ether oxygens (including phenoxy) is 3. The fraction of sp³-hybridized carbons (Fsp3) is 0.414. The van der Waals surface area contributed by atoms with E-state index in [1.165, 1.54) is 21.3 Å². The van der Waals surface area contributed by atoms with Crippen molar-refractivity contribution in [1.82, 2.24) is 9.72 Å². The number of fused-ring (bicyclic) bond motifs is 3. The van der Waals surface area contributed by atoms with Gasteiger partial charge in [0.15, 0.2) is 11.5 Å². The van der Waals surface area contributed by atoms with Crippen molar-refractivity contribution < 1.29 is 23.5 Å². The standard InChI is InChI=1S/C29H32ClN3O6/c1-17-24-26(32-39-17)25-19(30)10-9-11-20(25)33(28(24)35)29(12-7-5-6-8-13-29)16-23(34)31-18-14-21(36-2)27(38-4)22(15-18)37-3/h9-11,14-15H,5-8,12-13,16H2,1-4H3,(H,31,34). The Morgan fingerprint density at radius 3 is 2.33 bits per heavy atom. The number of benzene rings is 2. The van der Waals surface area contributed by atoms with E-state index in [4.69, 9.17) is 30.3 Å². The third-order valence-electron chi connectivity index (χ3n) is 7.70. The van der Waals surface area contributed by atoms with Crippen molar-refractivity contribution in [3.8, 4) is 17.2 Å². The molecule has 1 aliphatic rings. The summed E-state index contributed by atoms with van der Waals surface area (Å²) < 4.78 is 23.5. The quantitative estimate of drug-likeness (QED) is 0.271. The SMILES string of the molecule is COc1cc(NC(=O)CC2(n3c(=O)c4c(C)onc4c4c(Cl)cccc43)CCCCCC2)cc(OC)c1OC. The molecule has 9 nitrogen and oxygen atoms in total. The first kappa shape index (κ1) is 26.9. The van der Waals surface area contributed by atoms with Gasteiger partial charge < -0.3 is 28.6 Å². The maximum absolute atomic E-state index is 14.2. The van der Waals surface area contributed by atoms with E-state index >= 15 is 0 Å². The van der Waals surface area contributed by atoms with E-state index in [-0.39, 0.29) is 17.9 Å². The van der Waals surface area contributed by atoms with Crippen molar-refractivity contribution in [3.63, 3.8) is 0 Å². The second-order valence-corrected chi connectivity index (χ2v) is 10.4. The molecule has 1 aliphatic carbocycles. The maximum Gasteiger partial charge on any atom is 0.264 e. The number of amides is 1. The molecule has 0 saturated heterocycles. The Kier molecular flexibility index (Phi) is 7.44.